The van der Waals surface area contributed by atoms with Gasteiger partial charge >= 0.3 is 0 Å². The van der Waals surface area contributed by atoms with Crippen molar-refractivity contribution in [2.75, 3.05) is 0 Å². The molecule has 0 saturated heterocycles. The Kier molecular flexibility index (Phi) is 4.40. The van der Waals surface area contributed by atoms with Gasteiger partial charge < -0.3 is 0 Å². The van der Waals surface area contributed by atoms with Crippen molar-refractivity contribution in [3.63, 3.8) is 0 Å². The standard InChI is InChI=1S/C13H15BrClN3/c1-3-12-16-13(4-2)18(17-12)10-6-5-9(8-14)11(15)7-10/h5-7H,3-4,8H2,1-2H3. The number of aromatic nitrogens is 3. The predicted octanol–water partition coefficient (Wildman–Crippen LogP) is 3.94. The minimum absolute atomic E-state index is 0.750. The molecular weight excluding hydrogens is 314 g/mol. The fourth-order valence-corrected chi connectivity index (χ4v) is 2.65. The number of halogens is 2. The fourth-order valence-electron chi connectivity index (χ4n) is 1.75. The molecule has 0 spiro atoms. The van der Waals surface area contributed by atoms with Gasteiger partial charge in [0, 0.05) is 23.2 Å². The average molecular weight is 329 g/mol. The molecule has 0 fully saturated rings. The maximum atomic E-state index is 6.22. The lowest BCUT2D eigenvalue weighted by Crippen LogP contribution is -2.02. The predicted molar refractivity (Wildman–Crippen MR) is 77.8 cm³/mol. The summed E-state index contributed by atoms with van der Waals surface area (Å²) in [5.74, 6) is 1.84. The first-order chi connectivity index (χ1) is 8.69. The maximum absolute atomic E-state index is 6.22. The van der Waals surface area contributed by atoms with Crippen LogP contribution >= 0.6 is 27.5 Å². The zero-order valence-corrected chi connectivity index (χ0v) is 12.8. The maximum Gasteiger partial charge on any atom is 0.151 e. The van der Waals surface area contributed by atoms with Crippen LogP contribution in [0.5, 0.6) is 0 Å². The fraction of sp³-hybridized carbons (Fsp3) is 0.385. The van der Waals surface area contributed by atoms with Crippen molar-refractivity contribution in [3.05, 3.63) is 40.4 Å². The molecule has 1 aromatic carbocycles. The molecule has 0 N–H and O–H groups in total. The topological polar surface area (TPSA) is 30.7 Å². The summed E-state index contributed by atoms with van der Waals surface area (Å²) in [4.78, 5) is 4.50. The summed E-state index contributed by atoms with van der Waals surface area (Å²) in [5, 5.41) is 6.01. The first kappa shape index (κ1) is 13.6. The largest absolute Gasteiger partial charge is 0.218 e. The Bertz CT molecular complexity index is 551. The zero-order valence-electron chi connectivity index (χ0n) is 10.5. The van der Waals surface area contributed by atoms with E-state index in [-0.39, 0.29) is 0 Å². The molecule has 2 rings (SSSR count). The Morgan fingerprint density at radius 1 is 1.28 bits per heavy atom. The Hall–Kier alpha value is -0.870. The molecule has 1 aromatic heterocycles. The smallest absolute Gasteiger partial charge is 0.151 e. The van der Waals surface area contributed by atoms with Gasteiger partial charge in [0.05, 0.1) is 5.69 Å². The molecule has 1 heterocycles. The van der Waals surface area contributed by atoms with Gasteiger partial charge in [0.1, 0.15) is 5.82 Å². The van der Waals surface area contributed by atoms with Gasteiger partial charge in [-0.2, -0.15) is 5.10 Å². The minimum atomic E-state index is 0.750. The van der Waals surface area contributed by atoms with Gasteiger partial charge in [-0.1, -0.05) is 47.4 Å². The SMILES string of the molecule is CCc1nc(CC)n(-c2ccc(CBr)c(Cl)c2)n1. The monoisotopic (exact) mass is 327 g/mol. The second kappa shape index (κ2) is 5.85. The molecule has 0 atom stereocenters. The van der Waals surface area contributed by atoms with E-state index in [1.54, 1.807) is 0 Å². The van der Waals surface area contributed by atoms with Crippen molar-refractivity contribution < 1.29 is 0 Å². The van der Waals surface area contributed by atoms with E-state index >= 15 is 0 Å². The number of aryl methyl sites for hydroxylation is 2. The highest BCUT2D eigenvalue weighted by Gasteiger charge is 2.10. The molecule has 0 bridgehead atoms. The summed E-state index contributed by atoms with van der Waals surface area (Å²) in [6, 6.07) is 5.97. The van der Waals surface area contributed by atoms with Crippen molar-refractivity contribution >= 4 is 27.5 Å². The average Bonchev–Trinajstić information content (AvgIpc) is 2.82. The van der Waals surface area contributed by atoms with Crippen LogP contribution in [0.15, 0.2) is 18.2 Å². The summed E-state index contributed by atoms with van der Waals surface area (Å²) in [6.07, 6.45) is 1.69. The van der Waals surface area contributed by atoms with E-state index in [1.165, 1.54) is 0 Å². The first-order valence-corrected chi connectivity index (χ1v) is 7.49. The van der Waals surface area contributed by atoms with Gasteiger partial charge in [-0.25, -0.2) is 9.67 Å². The van der Waals surface area contributed by atoms with Gasteiger partial charge in [-0.05, 0) is 17.7 Å². The molecule has 18 heavy (non-hydrogen) atoms. The van der Waals surface area contributed by atoms with Crippen LogP contribution in [-0.4, -0.2) is 14.8 Å². The third-order valence-corrected chi connectivity index (χ3v) is 3.73. The van der Waals surface area contributed by atoms with Crippen molar-refractivity contribution in [1.82, 2.24) is 14.8 Å². The highest BCUT2D eigenvalue weighted by atomic mass is 79.9. The van der Waals surface area contributed by atoms with Crippen molar-refractivity contribution in [1.29, 1.82) is 0 Å². The van der Waals surface area contributed by atoms with Gasteiger partial charge in [-0.3, -0.25) is 0 Å². The van der Waals surface area contributed by atoms with Gasteiger partial charge in [0.2, 0.25) is 0 Å². The van der Waals surface area contributed by atoms with E-state index in [0.29, 0.717) is 0 Å². The third-order valence-electron chi connectivity index (χ3n) is 2.78. The summed E-state index contributed by atoms with van der Waals surface area (Å²) in [7, 11) is 0. The summed E-state index contributed by atoms with van der Waals surface area (Å²) in [6.45, 7) is 4.13. The number of benzene rings is 1. The van der Waals surface area contributed by atoms with Crippen LogP contribution in [-0.2, 0) is 18.2 Å². The number of nitrogens with zero attached hydrogens (tertiary/aromatic N) is 3. The van der Waals surface area contributed by atoms with E-state index in [2.05, 4.69) is 39.9 Å². The molecule has 2 aromatic rings. The first-order valence-electron chi connectivity index (χ1n) is 5.99. The lowest BCUT2D eigenvalue weighted by atomic mass is 10.2. The van der Waals surface area contributed by atoms with Crippen LogP contribution in [0.4, 0.5) is 0 Å². The van der Waals surface area contributed by atoms with Crippen LogP contribution < -0.4 is 0 Å². The van der Waals surface area contributed by atoms with Crippen LogP contribution in [0.1, 0.15) is 31.1 Å². The summed E-state index contributed by atoms with van der Waals surface area (Å²) >= 11 is 9.64. The number of hydrogen-bond acceptors (Lipinski definition) is 2. The third kappa shape index (κ3) is 2.59. The highest BCUT2D eigenvalue weighted by molar-refractivity contribution is 9.08. The van der Waals surface area contributed by atoms with Gasteiger partial charge in [0.25, 0.3) is 0 Å². The molecule has 0 saturated carbocycles. The zero-order chi connectivity index (χ0) is 13.1. The normalized spacial score (nSPS) is 10.9. The van der Waals surface area contributed by atoms with Crippen LogP contribution in [0.3, 0.4) is 0 Å². The van der Waals surface area contributed by atoms with E-state index in [9.17, 15) is 0 Å². The molecular formula is C13H15BrClN3. The van der Waals surface area contributed by atoms with Crippen LogP contribution in [0.2, 0.25) is 5.02 Å². The Morgan fingerprint density at radius 3 is 2.61 bits per heavy atom. The lowest BCUT2D eigenvalue weighted by Gasteiger charge is -2.07. The number of alkyl halides is 1. The number of rotatable bonds is 4. The molecule has 0 aliphatic heterocycles. The van der Waals surface area contributed by atoms with Crippen molar-refractivity contribution in [2.24, 2.45) is 0 Å². The lowest BCUT2D eigenvalue weighted by molar-refractivity contribution is 0.791. The molecule has 3 nitrogen and oxygen atoms in total. The molecule has 96 valence electrons. The van der Waals surface area contributed by atoms with Crippen molar-refractivity contribution in [3.8, 4) is 5.69 Å². The Balaban J connectivity index is 2.47. The quantitative estimate of drug-likeness (QED) is 0.796. The van der Waals surface area contributed by atoms with E-state index in [1.807, 2.05) is 22.9 Å². The van der Waals surface area contributed by atoms with E-state index in [4.69, 9.17) is 11.6 Å². The Labute approximate surface area is 120 Å². The van der Waals surface area contributed by atoms with Gasteiger partial charge in [-0.15, -0.1) is 0 Å². The van der Waals surface area contributed by atoms with Crippen LogP contribution in [0.25, 0.3) is 5.69 Å². The molecule has 0 unspecified atom stereocenters. The van der Waals surface area contributed by atoms with Crippen molar-refractivity contribution in [2.45, 2.75) is 32.0 Å². The molecule has 0 amide bonds. The Morgan fingerprint density at radius 2 is 2.06 bits per heavy atom. The van der Waals surface area contributed by atoms with E-state index in [0.717, 1.165) is 46.1 Å². The van der Waals surface area contributed by atoms with E-state index < -0.39 is 0 Å². The van der Waals surface area contributed by atoms with Crippen LogP contribution in [0, 0.1) is 0 Å². The molecule has 0 aliphatic carbocycles. The second-order valence-electron chi connectivity index (χ2n) is 3.97. The minimum Gasteiger partial charge on any atom is -0.218 e. The van der Waals surface area contributed by atoms with Gasteiger partial charge in [0.15, 0.2) is 5.82 Å². The summed E-state index contributed by atoms with van der Waals surface area (Å²) < 4.78 is 1.88. The second-order valence-corrected chi connectivity index (χ2v) is 4.94. The highest BCUT2D eigenvalue weighted by Crippen LogP contribution is 2.22. The molecule has 0 radical (unpaired) electrons. The molecule has 0 aliphatic rings. The summed E-state index contributed by atoms with van der Waals surface area (Å²) in [5.41, 5.74) is 2.04. The molecule has 5 heteroatoms. The number of hydrogen-bond donors (Lipinski definition) is 0.